The van der Waals surface area contributed by atoms with E-state index in [9.17, 15) is 0 Å². The van der Waals surface area contributed by atoms with Crippen LogP contribution in [0.1, 0.15) is 34.1 Å². The Balaban J connectivity index is 3.26. The molecule has 0 amide bonds. The van der Waals surface area contributed by atoms with Crippen molar-refractivity contribution in [2.45, 2.75) is 34.1 Å². The Morgan fingerprint density at radius 2 is 1.05 bits per heavy atom. The van der Waals surface area contributed by atoms with Gasteiger partial charge in [0.05, 0.1) is 26.4 Å². The molecule has 0 aromatic rings. The van der Waals surface area contributed by atoms with Gasteiger partial charge in [0.2, 0.25) is 0 Å². The summed E-state index contributed by atoms with van der Waals surface area (Å²) in [6.45, 7) is 18.3. The number of hydrogen-bond donors (Lipinski definition) is 0. The molecule has 19 heavy (non-hydrogen) atoms. The first-order valence-electron chi connectivity index (χ1n) is 7.88. The highest BCUT2D eigenvalue weighted by molar-refractivity contribution is 4.53. The normalized spacial score (nSPS) is 11.7. The molecular formula is C15H34N2O2. The van der Waals surface area contributed by atoms with Crippen molar-refractivity contribution in [3.8, 4) is 0 Å². The van der Waals surface area contributed by atoms with Gasteiger partial charge in [0.1, 0.15) is 0 Å². The summed E-state index contributed by atoms with van der Waals surface area (Å²) in [4.78, 5) is 4.78. The second kappa shape index (κ2) is 14.3. The Labute approximate surface area is 120 Å². The fourth-order valence-corrected chi connectivity index (χ4v) is 1.99. The average Bonchev–Trinajstić information content (AvgIpc) is 2.44. The van der Waals surface area contributed by atoms with Crippen LogP contribution in [0.4, 0.5) is 0 Å². The first-order valence-corrected chi connectivity index (χ1v) is 7.88. The summed E-state index contributed by atoms with van der Waals surface area (Å²) in [6.07, 6.45) is 1.21. The summed E-state index contributed by atoms with van der Waals surface area (Å²) < 4.78 is 11.2. The standard InChI is InChI=1S/C15H34N2O2/c1-5-9-17(8-4)11-13-19-15-14-18-12-10-16(6-2)7-3/h5-15H2,1-4H3. The van der Waals surface area contributed by atoms with Crippen LogP contribution in [0.15, 0.2) is 0 Å². The monoisotopic (exact) mass is 274 g/mol. The van der Waals surface area contributed by atoms with Crippen LogP contribution in [-0.4, -0.2) is 75.5 Å². The minimum Gasteiger partial charge on any atom is -0.378 e. The molecule has 0 bridgehead atoms. The largest absolute Gasteiger partial charge is 0.378 e. The summed E-state index contributed by atoms with van der Waals surface area (Å²) in [5.74, 6) is 0. The molecule has 0 aromatic carbocycles. The Hall–Kier alpha value is -0.160. The lowest BCUT2D eigenvalue weighted by molar-refractivity contribution is 0.0323. The first-order chi connectivity index (χ1) is 9.28. The summed E-state index contributed by atoms with van der Waals surface area (Å²) >= 11 is 0. The molecule has 0 heterocycles. The smallest absolute Gasteiger partial charge is 0.0701 e. The molecule has 0 atom stereocenters. The van der Waals surface area contributed by atoms with E-state index in [1.807, 2.05) is 0 Å². The molecule has 0 saturated carbocycles. The van der Waals surface area contributed by atoms with Crippen LogP contribution < -0.4 is 0 Å². The third kappa shape index (κ3) is 11.4. The van der Waals surface area contributed by atoms with Gasteiger partial charge in [-0.05, 0) is 32.6 Å². The number of nitrogens with zero attached hydrogens (tertiary/aromatic N) is 2. The van der Waals surface area contributed by atoms with Crippen LogP contribution in [0.3, 0.4) is 0 Å². The Kier molecular flexibility index (Phi) is 14.1. The van der Waals surface area contributed by atoms with Crippen LogP contribution in [0.2, 0.25) is 0 Å². The molecule has 0 N–H and O–H groups in total. The van der Waals surface area contributed by atoms with E-state index in [0.29, 0.717) is 13.2 Å². The molecule has 0 aliphatic heterocycles. The zero-order chi connectivity index (χ0) is 14.3. The van der Waals surface area contributed by atoms with Gasteiger partial charge in [0.25, 0.3) is 0 Å². The van der Waals surface area contributed by atoms with E-state index in [0.717, 1.165) is 45.9 Å². The van der Waals surface area contributed by atoms with Gasteiger partial charge in [-0.2, -0.15) is 0 Å². The van der Waals surface area contributed by atoms with Crippen LogP contribution in [0, 0.1) is 0 Å². The molecule has 0 aliphatic carbocycles. The van der Waals surface area contributed by atoms with E-state index in [2.05, 4.69) is 37.5 Å². The van der Waals surface area contributed by atoms with Crippen molar-refractivity contribution in [3.05, 3.63) is 0 Å². The zero-order valence-electron chi connectivity index (χ0n) is 13.5. The number of rotatable bonds is 14. The van der Waals surface area contributed by atoms with Crippen LogP contribution in [0.25, 0.3) is 0 Å². The zero-order valence-corrected chi connectivity index (χ0v) is 13.5. The molecule has 0 spiro atoms. The van der Waals surface area contributed by atoms with Gasteiger partial charge < -0.3 is 19.3 Å². The van der Waals surface area contributed by atoms with Crippen LogP contribution in [-0.2, 0) is 9.47 Å². The van der Waals surface area contributed by atoms with Crippen molar-refractivity contribution in [2.75, 3.05) is 65.7 Å². The van der Waals surface area contributed by atoms with Crippen molar-refractivity contribution >= 4 is 0 Å². The van der Waals surface area contributed by atoms with Crippen molar-refractivity contribution in [2.24, 2.45) is 0 Å². The Morgan fingerprint density at radius 1 is 0.579 bits per heavy atom. The molecule has 4 heteroatoms. The Bertz CT molecular complexity index is 176. The molecule has 0 saturated heterocycles. The molecule has 0 aliphatic rings. The van der Waals surface area contributed by atoms with E-state index in [1.165, 1.54) is 13.0 Å². The van der Waals surface area contributed by atoms with Gasteiger partial charge in [-0.15, -0.1) is 0 Å². The van der Waals surface area contributed by atoms with E-state index in [4.69, 9.17) is 9.47 Å². The Morgan fingerprint density at radius 3 is 1.47 bits per heavy atom. The highest BCUT2D eigenvalue weighted by Gasteiger charge is 2.00. The first kappa shape index (κ1) is 18.8. The highest BCUT2D eigenvalue weighted by Crippen LogP contribution is 1.91. The summed E-state index contributed by atoms with van der Waals surface area (Å²) in [7, 11) is 0. The average molecular weight is 274 g/mol. The van der Waals surface area contributed by atoms with Crippen molar-refractivity contribution in [1.29, 1.82) is 0 Å². The molecule has 4 nitrogen and oxygen atoms in total. The fraction of sp³-hybridized carbons (Fsp3) is 1.00. The lowest BCUT2D eigenvalue weighted by atomic mass is 10.4. The second-order valence-corrected chi connectivity index (χ2v) is 4.69. The minimum absolute atomic E-state index is 0.709. The van der Waals surface area contributed by atoms with Gasteiger partial charge in [-0.25, -0.2) is 0 Å². The summed E-state index contributed by atoms with van der Waals surface area (Å²) in [5, 5.41) is 0. The molecule has 0 aromatic heterocycles. The van der Waals surface area contributed by atoms with Crippen LogP contribution in [0.5, 0.6) is 0 Å². The van der Waals surface area contributed by atoms with E-state index < -0.39 is 0 Å². The predicted octanol–water partition coefficient (Wildman–Crippen LogP) is 2.09. The predicted molar refractivity (Wildman–Crippen MR) is 81.8 cm³/mol. The summed E-state index contributed by atoms with van der Waals surface area (Å²) in [5.41, 5.74) is 0. The van der Waals surface area contributed by atoms with Gasteiger partial charge >= 0.3 is 0 Å². The topological polar surface area (TPSA) is 24.9 Å². The molecule has 116 valence electrons. The molecule has 0 radical (unpaired) electrons. The lowest BCUT2D eigenvalue weighted by Crippen LogP contribution is -2.29. The van der Waals surface area contributed by atoms with E-state index in [-0.39, 0.29) is 0 Å². The number of likely N-dealkylation sites (N-methyl/N-ethyl adjacent to an activating group) is 2. The fourth-order valence-electron chi connectivity index (χ4n) is 1.99. The van der Waals surface area contributed by atoms with Gasteiger partial charge in [-0.1, -0.05) is 27.7 Å². The van der Waals surface area contributed by atoms with E-state index >= 15 is 0 Å². The molecule has 0 rings (SSSR count). The van der Waals surface area contributed by atoms with Gasteiger partial charge in [0.15, 0.2) is 0 Å². The van der Waals surface area contributed by atoms with Gasteiger partial charge in [0, 0.05) is 13.1 Å². The van der Waals surface area contributed by atoms with Crippen molar-refractivity contribution in [1.82, 2.24) is 9.80 Å². The van der Waals surface area contributed by atoms with Crippen molar-refractivity contribution < 1.29 is 9.47 Å². The maximum atomic E-state index is 5.59. The maximum Gasteiger partial charge on any atom is 0.0701 e. The van der Waals surface area contributed by atoms with E-state index in [1.54, 1.807) is 0 Å². The SMILES string of the molecule is CCCN(CC)CCOCCOCCN(CC)CC. The molecular weight excluding hydrogens is 240 g/mol. The maximum absolute atomic E-state index is 5.59. The van der Waals surface area contributed by atoms with Crippen LogP contribution >= 0.6 is 0 Å². The third-order valence-electron chi connectivity index (χ3n) is 3.36. The quantitative estimate of drug-likeness (QED) is 0.453. The number of ether oxygens (including phenoxy) is 2. The third-order valence-corrected chi connectivity index (χ3v) is 3.36. The van der Waals surface area contributed by atoms with Crippen molar-refractivity contribution in [3.63, 3.8) is 0 Å². The molecule has 0 fully saturated rings. The minimum atomic E-state index is 0.709. The second-order valence-electron chi connectivity index (χ2n) is 4.69. The highest BCUT2D eigenvalue weighted by atomic mass is 16.5. The summed E-state index contributed by atoms with van der Waals surface area (Å²) in [6, 6.07) is 0. The number of hydrogen-bond acceptors (Lipinski definition) is 4. The molecule has 0 unspecified atom stereocenters. The lowest BCUT2D eigenvalue weighted by Gasteiger charge is -2.19. The van der Waals surface area contributed by atoms with Gasteiger partial charge in [-0.3, -0.25) is 0 Å².